The van der Waals surface area contributed by atoms with E-state index in [4.69, 9.17) is 5.26 Å². The lowest BCUT2D eigenvalue weighted by Gasteiger charge is -2.11. The maximum atomic E-state index is 11.7. The van der Waals surface area contributed by atoms with Gasteiger partial charge in [-0.05, 0) is 20.3 Å². The van der Waals surface area contributed by atoms with Gasteiger partial charge in [-0.2, -0.15) is 5.26 Å². The Balaban J connectivity index is 4.63. The van der Waals surface area contributed by atoms with Crippen LogP contribution in [0, 0.1) is 11.3 Å². The predicted octanol–water partition coefficient (Wildman–Crippen LogP) is 2.79. The Hall–Kier alpha value is -0.710. The van der Waals surface area contributed by atoms with Gasteiger partial charge >= 0.3 is 7.80 Å². The van der Waals surface area contributed by atoms with Gasteiger partial charge in [0, 0.05) is 0 Å². The van der Waals surface area contributed by atoms with Crippen molar-refractivity contribution in [3.8, 4) is 6.07 Å². The van der Waals surface area contributed by atoms with Gasteiger partial charge in [0.2, 0.25) is 5.31 Å². The van der Waals surface area contributed by atoms with E-state index in [1.54, 1.807) is 13.8 Å². The minimum atomic E-state index is -1.61. The van der Waals surface area contributed by atoms with Crippen molar-refractivity contribution in [3.63, 3.8) is 0 Å². The van der Waals surface area contributed by atoms with E-state index < -0.39 is 13.4 Å². The van der Waals surface area contributed by atoms with E-state index >= 15 is 0 Å². The Morgan fingerprint density at radius 2 is 2.21 bits per heavy atom. The fourth-order valence-electron chi connectivity index (χ4n) is 1.04. The second-order valence-corrected chi connectivity index (χ2v) is 5.36. The average molecular weight is 214 g/mol. The Kier molecular flexibility index (Phi) is 5.60. The first-order chi connectivity index (χ1) is 6.43. The molecule has 0 aliphatic rings. The van der Waals surface area contributed by atoms with Crippen LogP contribution in [0.2, 0.25) is 0 Å². The minimum Gasteiger partial charge on any atom is -0.382 e. The van der Waals surface area contributed by atoms with E-state index in [-0.39, 0.29) is 0 Å². The average Bonchev–Trinajstić information content (AvgIpc) is 2.08. The zero-order valence-electron chi connectivity index (χ0n) is 8.95. The molecule has 0 bridgehead atoms. The second kappa shape index (κ2) is 5.90. The number of aliphatic hydroxyl groups is 1. The summed E-state index contributed by atoms with van der Waals surface area (Å²) in [4.78, 5) is 0. The van der Waals surface area contributed by atoms with Crippen molar-refractivity contribution in [1.82, 2.24) is 0 Å². The molecule has 14 heavy (non-hydrogen) atoms. The number of unbranched alkanes of at least 4 members (excludes halogenated alkanes) is 1. The molecule has 4 heteroatoms. The van der Waals surface area contributed by atoms with Crippen molar-refractivity contribution in [1.29, 1.82) is 5.26 Å². The zero-order valence-corrected chi connectivity index (χ0v) is 9.84. The van der Waals surface area contributed by atoms with Gasteiger partial charge in [0.15, 0.2) is 6.16 Å². The maximum absolute atomic E-state index is 11.7. The molecule has 78 valence electrons. The van der Waals surface area contributed by atoms with Crippen molar-refractivity contribution in [2.75, 3.05) is 6.16 Å². The van der Waals surface area contributed by atoms with Crippen molar-refractivity contribution >= 4 is 7.80 Å². The smallest absolute Gasteiger partial charge is 0.376 e. The van der Waals surface area contributed by atoms with Crippen LogP contribution < -0.4 is 0 Å². The van der Waals surface area contributed by atoms with Crippen LogP contribution in [-0.4, -0.2) is 16.9 Å². The highest BCUT2D eigenvalue weighted by atomic mass is 31.1. The molecule has 0 heterocycles. The Bertz CT molecular complexity index is 271. The van der Waals surface area contributed by atoms with E-state index in [1.807, 2.05) is 13.0 Å². The summed E-state index contributed by atoms with van der Waals surface area (Å²) in [6.07, 6.45) is 3.57. The van der Waals surface area contributed by atoms with E-state index in [0.717, 1.165) is 12.8 Å². The quantitative estimate of drug-likeness (QED) is 0.565. The van der Waals surface area contributed by atoms with E-state index in [0.29, 0.717) is 11.5 Å². The lowest BCUT2D eigenvalue weighted by Crippen LogP contribution is -2.20. The number of hydrogen-bond donors (Lipinski definition) is 1. The summed E-state index contributed by atoms with van der Waals surface area (Å²) in [6, 6.07) is 1.83. The van der Waals surface area contributed by atoms with Crippen molar-refractivity contribution < 1.29 is 9.67 Å². The Morgan fingerprint density at radius 3 is 2.57 bits per heavy atom. The molecule has 1 N–H and O–H groups in total. The fourth-order valence-corrected chi connectivity index (χ4v) is 2.69. The lowest BCUT2D eigenvalue weighted by molar-refractivity contribution is 0.128. The standard InChI is InChI=1S/C10H17NO2P/c1-4-5-8-14(13)9(6-7-11)10(2,3)12/h6,12H,4-5,8H2,1-3H3/q+1. The number of allylic oxidation sites excluding steroid dienone is 1. The summed E-state index contributed by atoms with van der Waals surface area (Å²) in [7, 11) is -1.61. The highest BCUT2D eigenvalue weighted by Gasteiger charge is 2.35. The molecule has 0 aromatic rings. The Labute approximate surface area is 86.2 Å². The molecule has 0 saturated carbocycles. The molecule has 0 radical (unpaired) electrons. The molecule has 3 nitrogen and oxygen atoms in total. The topological polar surface area (TPSA) is 61.1 Å². The molecule has 1 unspecified atom stereocenters. The molecule has 0 aliphatic heterocycles. The predicted molar refractivity (Wildman–Crippen MR) is 57.4 cm³/mol. The number of nitrogens with zero attached hydrogens (tertiary/aromatic N) is 1. The SMILES string of the molecule is CCCC[P+](=O)C(=CC#N)C(C)(C)O. The number of rotatable bonds is 5. The molecule has 0 aromatic carbocycles. The van der Waals surface area contributed by atoms with Crippen LogP contribution in [0.4, 0.5) is 0 Å². The first kappa shape index (κ1) is 13.3. The van der Waals surface area contributed by atoms with Crippen LogP contribution >= 0.6 is 7.80 Å². The monoisotopic (exact) mass is 214 g/mol. The maximum Gasteiger partial charge on any atom is 0.376 e. The van der Waals surface area contributed by atoms with Crippen LogP contribution in [0.1, 0.15) is 33.6 Å². The molecule has 0 amide bonds. The summed E-state index contributed by atoms with van der Waals surface area (Å²) >= 11 is 0. The summed E-state index contributed by atoms with van der Waals surface area (Å²) in [6.45, 7) is 5.12. The number of nitriles is 1. The van der Waals surface area contributed by atoms with E-state index in [9.17, 15) is 9.67 Å². The van der Waals surface area contributed by atoms with Crippen LogP contribution in [0.25, 0.3) is 0 Å². The summed E-state index contributed by atoms with van der Waals surface area (Å²) in [5, 5.41) is 18.5. The molecule has 0 aliphatic carbocycles. The summed E-state index contributed by atoms with van der Waals surface area (Å²) < 4.78 is 11.7. The molecular weight excluding hydrogens is 197 g/mol. The van der Waals surface area contributed by atoms with Crippen LogP contribution in [0.3, 0.4) is 0 Å². The summed E-state index contributed by atoms with van der Waals surface area (Å²) in [5.74, 6) is 0. The van der Waals surface area contributed by atoms with E-state index in [1.165, 1.54) is 6.08 Å². The van der Waals surface area contributed by atoms with Gasteiger partial charge in [0.05, 0.1) is 12.1 Å². The van der Waals surface area contributed by atoms with Crippen molar-refractivity contribution in [2.24, 2.45) is 0 Å². The van der Waals surface area contributed by atoms with Gasteiger partial charge in [-0.15, -0.1) is 0 Å². The minimum absolute atomic E-state index is 0.350. The fraction of sp³-hybridized carbons (Fsp3) is 0.700. The van der Waals surface area contributed by atoms with Gasteiger partial charge in [-0.25, -0.2) is 0 Å². The van der Waals surface area contributed by atoms with Crippen LogP contribution in [0.15, 0.2) is 11.4 Å². The molecule has 0 saturated heterocycles. The third-order valence-corrected chi connectivity index (χ3v) is 3.75. The molecule has 0 spiro atoms. The lowest BCUT2D eigenvalue weighted by atomic mass is 10.1. The third-order valence-electron chi connectivity index (χ3n) is 1.81. The number of hydrogen-bond acceptors (Lipinski definition) is 3. The normalized spacial score (nSPS) is 13.6. The largest absolute Gasteiger partial charge is 0.382 e. The third kappa shape index (κ3) is 4.50. The highest BCUT2D eigenvalue weighted by Crippen LogP contribution is 2.40. The first-order valence-electron chi connectivity index (χ1n) is 4.70. The van der Waals surface area contributed by atoms with Gasteiger partial charge < -0.3 is 5.11 Å². The van der Waals surface area contributed by atoms with Gasteiger partial charge in [-0.3, -0.25) is 0 Å². The summed E-state index contributed by atoms with van der Waals surface area (Å²) in [5.41, 5.74) is -1.16. The van der Waals surface area contributed by atoms with Crippen molar-refractivity contribution in [3.05, 3.63) is 11.4 Å². The molecule has 1 atom stereocenters. The molecular formula is C10H17NO2P+. The molecule has 0 rings (SSSR count). The zero-order chi connectivity index (χ0) is 11.2. The van der Waals surface area contributed by atoms with Crippen LogP contribution in [-0.2, 0) is 4.57 Å². The molecule has 0 aromatic heterocycles. The highest BCUT2D eigenvalue weighted by molar-refractivity contribution is 7.49. The van der Waals surface area contributed by atoms with Crippen molar-refractivity contribution in [2.45, 2.75) is 39.2 Å². The van der Waals surface area contributed by atoms with Gasteiger partial charge in [-0.1, -0.05) is 17.9 Å². The molecule has 0 fully saturated rings. The Morgan fingerprint density at radius 1 is 1.64 bits per heavy atom. The first-order valence-corrected chi connectivity index (χ1v) is 6.15. The van der Waals surface area contributed by atoms with E-state index in [2.05, 4.69) is 0 Å². The van der Waals surface area contributed by atoms with Crippen LogP contribution in [0.5, 0.6) is 0 Å². The van der Waals surface area contributed by atoms with Gasteiger partial charge in [0.1, 0.15) is 5.60 Å². The van der Waals surface area contributed by atoms with Gasteiger partial charge in [0.25, 0.3) is 0 Å². The second-order valence-electron chi connectivity index (χ2n) is 3.67.